The summed E-state index contributed by atoms with van der Waals surface area (Å²) in [4.78, 5) is 26.6. The van der Waals surface area contributed by atoms with Gasteiger partial charge >= 0.3 is 24.5 Å². The Kier molecular flexibility index (Phi) is 13.6. The van der Waals surface area contributed by atoms with Gasteiger partial charge in [0.1, 0.15) is 12.4 Å². The predicted molar refractivity (Wildman–Crippen MR) is 183 cm³/mol. The molecular weight excluding hydrogens is 773 g/mol. The van der Waals surface area contributed by atoms with E-state index in [9.17, 15) is 57.8 Å². The van der Waals surface area contributed by atoms with Gasteiger partial charge in [0.05, 0.1) is 47.4 Å². The Morgan fingerprint density at radius 3 is 1.89 bits per heavy atom. The van der Waals surface area contributed by atoms with Crippen molar-refractivity contribution in [2.24, 2.45) is 11.8 Å². The van der Waals surface area contributed by atoms with Crippen LogP contribution in [0.5, 0.6) is 5.75 Å². The molecule has 3 aromatic rings. The third-order valence-electron chi connectivity index (χ3n) is 9.35. The molecule has 2 heterocycles. The molecule has 1 saturated carbocycles. The van der Waals surface area contributed by atoms with E-state index in [-0.39, 0.29) is 66.3 Å². The van der Waals surface area contributed by atoms with Crippen LogP contribution in [0.25, 0.3) is 0 Å². The molecule has 4 rings (SSSR count). The van der Waals surface area contributed by atoms with Crippen LogP contribution in [-0.4, -0.2) is 66.2 Å². The van der Waals surface area contributed by atoms with E-state index in [2.05, 4.69) is 15.0 Å². The van der Waals surface area contributed by atoms with Crippen LogP contribution in [0, 0.1) is 11.8 Å². The van der Waals surface area contributed by atoms with E-state index in [1.54, 1.807) is 11.8 Å². The second kappa shape index (κ2) is 17.2. The average Bonchev–Trinajstić information content (AvgIpc) is 3.08. The van der Waals surface area contributed by atoms with Crippen LogP contribution in [0.2, 0.25) is 0 Å². The van der Waals surface area contributed by atoms with Crippen molar-refractivity contribution in [3.05, 3.63) is 70.7 Å². The van der Waals surface area contributed by atoms with Crippen molar-refractivity contribution in [2.75, 3.05) is 41.5 Å². The van der Waals surface area contributed by atoms with Gasteiger partial charge in [0.2, 0.25) is 5.95 Å². The molecule has 0 spiro atoms. The first-order chi connectivity index (χ1) is 25.4. The molecule has 1 aliphatic rings. The third kappa shape index (κ3) is 12.3. The van der Waals surface area contributed by atoms with Crippen molar-refractivity contribution in [3.63, 3.8) is 0 Å². The Morgan fingerprint density at radius 2 is 1.40 bits per heavy atom. The predicted octanol–water partition coefficient (Wildman–Crippen LogP) is 8.23. The van der Waals surface area contributed by atoms with Gasteiger partial charge in [0.15, 0.2) is 15.6 Å². The summed E-state index contributed by atoms with van der Waals surface area (Å²) in [6, 6.07) is 0.384. The van der Waals surface area contributed by atoms with Gasteiger partial charge in [-0.05, 0) is 81.2 Å². The zero-order chi connectivity index (χ0) is 40.9. The van der Waals surface area contributed by atoms with Gasteiger partial charge in [-0.25, -0.2) is 23.4 Å². The summed E-state index contributed by atoms with van der Waals surface area (Å²) in [6.07, 6.45) is -8.86. The summed E-state index contributed by atoms with van der Waals surface area (Å²) in [6.45, 7) is 2.72. The van der Waals surface area contributed by atoms with Gasteiger partial charge in [-0.1, -0.05) is 0 Å². The summed E-state index contributed by atoms with van der Waals surface area (Å²) in [5, 5.41) is 9.18. The molecule has 1 aromatic carbocycles. The monoisotopic (exact) mass is 813 g/mol. The highest BCUT2D eigenvalue weighted by molar-refractivity contribution is 7.90. The van der Waals surface area contributed by atoms with Crippen LogP contribution in [0.4, 0.5) is 51.3 Å². The smallest absolute Gasteiger partial charge is 0.417 e. The van der Waals surface area contributed by atoms with Crippen molar-refractivity contribution in [3.8, 4) is 5.75 Å². The minimum Gasteiger partial charge on any atom is -0.489 e. The lowest BCUT2D eigenvalue weighted by atomic mass is 9.80. The van der Waals surface area contributed by atoms with Crippen molar-refractivity contribution in [1.82, 2.24) is 15.0 Å². The van der Waals surface area contributed by atoms with Crippen molar-refractivity contribution in [1.29, 1.82) is 0 Å². The molecule has 10 nitrogen and oxygen atoms in total. The molecule has 1 aliphatic carbocycles. The van der Waals surface area contributed by atoms with E-state index in [1.165, 1.54) is 6.92 Å². The summed E-state index contributed by atoms with van der Waals surface area (Å²) in [5.41, 5.74) is -4.93. The van der Waals surface area contributed by atoms with Gasteiger partial charge < -0.3 is 19.6 Å². The highest BCUT2D eigenvalue weighted by atomic mass is 32.2. The number of hydrogen-bond donors (Lipinski definition) is 1. The molecule has 1 atom stereocenters. The number of ether oxygens (including phenoxy) is 1. The number of pyridine rings is 1. The maximum absolute atomic E-state index is 14.1. The minimum absolute atomic E-state index is 0.0104. The fourth-order valence-electron chi connectivity index (χ4n) is 6.41. The number of alkyl halides is 9. The third-order valence-corrected chi connectivity index (χ3v) is 10.3. The quantitative estimate of drug-likeness (QED) is 0.150. The molecule has 2 aromatic heterocycles. The molecular formula is C35H40F9N5O5S. The number of carboxylic acid groups (broad SMARTS) is 1. The first-order valence-electron chi connectivity index (χ1n) is 17.2. The molecule has 0 unspecified atom stereocenters. The first-order valence-corrected chi connectivity index (χ1v) is 19.2. The van der Waals surface area contributed by atoms with Gasteiger partial charge in [-0.15, -0.1) is 0 Å². The number of carboxylic acids is 1. The van der Waals surface area contributed by atoms with E-state index in [4.69, 9.17) is 4.74 Å². The largest absolute Gasteiger partial charge is 0.489 e. The molecule has 55 heavy (non-hydrogen) atoms. The molecule has 0 bridgehead atoms. The highest BCUT2D eigenvalue weighted by Gasteiger charge is 2.39. The van der Waals surface area contributed by atoms with Crippen LogP contribution in [0.3, 0.4) is 0 Å². The number of hydrogen-bond acceptors (Lipinski definition) is 9. The van der Waals surface area contributed by atoms with E-state index in [0.29, 0.717) is 50.6 Å². The van der Waals surface area contributed by atoms with E-state index < -0.39 is 69.2 Å². The number of sulfone groups is 1. The maximum Gasteiger partial charge on any atom is 0.417 e. The molecule has 20 heteroatoms. The second-order valence-electron chi connectivity index (χ2n) is 13.6. The number of aliphatic carboxylic acids is 1. The Labute approximate surface area is 311 Å². The number of nitrogens with zero attached hydrogens (tertiary/aromatic N) is 5. The van der Waals surface area contributed by atoms with Crippen LogP contribution in [-0.2, 0) is 39.7 Å². The van der Waals surface area contributed by atoms with Crippen LogP contribution < -0.4 is 14.5 Å². The van der Waals surface area contributed by atoms with Gasteiger partial charge in [-0.2, -0.15) is 39.5 Å². The fourth-order valence-corrected chi connectivity index (χ4v) is 6.80. The van der Waals surface area contributed by atoms with E-state index >= 15 is 0 Å². The van der Waals surface area contributed by atoms with Gasteiger partial charge in [0.25, 0.3) is 0 Å². The number of aromatic nitrogens is 3. The molecule has 0 radical (unpaired) electrons. The SMILES string of the molecule is CCN(C[C@H]1CC[C@H](CC(=O)O)CC1)c1ncc(C(F)(F)F)cc1CN(c1ncc(OCCS(C)(=O)=O)cn1)[C@@H](C)c1cc(C(F)(F)F)cc(C(F)(F)F)c1. The number of rotatable bonds is 15. The first kappa shape index (κ1) is 43.4. The molecule has 0 amide bonds. The van der Waals surface area contributed by atoms with E-state index in [1.807, 2.05) is 0 Å². The molecule has 304 valence electrons. The zero-order valence-electron chi connectivity index (χ0n) is 30.0. The van der Waals surface area contributed by atoms with E-state index in [0.717, 1.165) is 29.6 Å². The lowest BCUT2D eigenvalue weighted by Gasteiger charge is -2.35. The normalized spacial score (nSPS) is 17.5. The second-order valence-corrected chi connectivity index (χ2v) is 15.8. The van der Waals surface area contributed by atoms with Crippen LogP contribution in [0.15, 0.2) is 42.9 Å². The average molecular weight is 814 g/mol. The van der Waals surface area contributed by atoms with Crippen molar-refractivity contribution >= 4 is 27.6 Å². The maximum atomic E-state index is 14.1. The zero-order valence-corrected chi connectivity index (χ0v) is 30.8. The fraction of sp³-hybridized carbons (Fsp3) is 0.543. The number of benzene rings is 1. The summed E-state index contributed by atoms with van der Waals surface area (Å²) >= 11 is 0. The lowest BCUT2D eigenvalue weighted by molar-refractivity contribution is -0.143. The van der Waals surface area contributed by atoms with Gasteiger partial charge in [0, 0.05) is 37.5 Å². The summed E-state index contributed by atoms with van der Waals surface area (Å²) < 4.78 is 154. The van der Waals surface area contributed by atoms with Crippen molar-refractivity contribution in [2.45, 2.75) is 77.1 Å². The topological polar surface area (TPSA) is 126 Å². The standard InChI is InChI=1S/C35H40F9N5O5S/c1-4-48(19-23-7-5-22(6-8-23)11-30(50)51)31-25(14-28(16-45-31)35(42,43)44)20-49(32-46-17-29(18-47-32)54-9-10-55(3,52)53)21(2)24-12-26(33(36,37)38)15-27(13-24)34(39,40)41/h12-18,21-23H,4-11,19-20H2,1-3H3,(H,50,51)/t21-,22-,23-/m0/s1. The summed E-state index contributed by atoms with van der Waals surface area (Å²) in [5.74, 6) is -1.51. The molecule has 0 saturated heterocycles. The summed E-state index contributed by atoms with van der Waals surface area (Å²) in [7, 11) is -3.41. The number of anilines is 2. The molecule has 1 N–H and O–H groups in total. The lowest BCUT2D eigenvalue weighted by Crippen LogP contribution is -2.35. The minimum atomic E-state index is -5.19. The molecule has 1 fully saturated rings. The van der Waals surface area contributed by atoms with Crippen molar-refractivity contribution < 1.29 is 62.6 Å². The number of halogens is 9. The Balaban J connectivity index is 1.80. The molecule has 0 aliphatic heterocycles. The Bertz CT molecular complexity index is 1850. The Hall–Kier alpha value is -4.36. The highest BCUT2D eigenvalue weighted by Crippen LogP contribution is 2.40. The van der Waals surface area contributed by atoms with Gasteiger partial charge in [-0.3, -0.25) is 4.79 Å². The number of carbonyl (C=O) groups is 1. The van der Waals surface area contributed by atoms with Crippen LogP contribution >= 0.6 is 0 Å². The van der Waals surface area contributed by atoms with Crippen LogP contribution in [0.1, 0.15) is 79.8 Å². The Morgan fingerprint density at radius 1 is 0.855 bits per heavy atom.